The molecule has 1 fully saturated rings. The molecule has 0 N–H and O–H groups in total. The van der Waals surface area contributed by atoms with Crippen LogP contribution in [0.15, 0.2) is 0 Å². The number of rotatable bonds is 3. The summed E-state index contributed by atoms with van der Waals surface area (Å²) in [5.74, 6) is 0.631. The van der Waals surface area contributed by atoms with Gasteiger partial charge in [-0.05, 0) is 18.8 Å². The number of hydrogen-bond acceptors (Lipinski definition) is 2. The lowest BCUT2D eigenvalue weighted by Gasteiger charge is -2.09. The van der Waals surface area contributed by atoms with Crippen molar-refractivity contribution in [2.75, 3.05) is 12.8 Å². The van der Waals surface area contributed by atoms with Crippen molar-refractivity contribution in [2.24, 2.45) is 5.92 Å². The Balaban J connectivity index is 2.40. The molecule has 0 radical (unpaired) electrons. The number of sulfonamides is 1. The van der Waals surface area contributed by atoms with Crippen LogP contribution in [0.25, 0.3) is 0 Å². The van der Waals surface area contributed by atoms with E-state index in [1.54, 1.807) is 0 Å². The molecule has 0 spiro atoms. The van der Waals surface area contributed by atoms with E-state index in [0.717, 1.165) is 0 Å². The van der Waals surface area contributed by atoms with E-state index in [9.17, 15) is 8.42 Å². The van der Waals surface area contributed by atoms with E-state index in [1.807, 2.05) is 22.9 Å². The SMILES string of the molecule is CS(=O)(=O)N(I)CC1CC1. The van der Waals surface area contributed by atoms with E-state index >= 15 is 0 Å². The zero-order chi connectivity index (χ0) is 7.78. The van der Waals surface area contributed by atoms with Crippen LogP contribution in [-0.4, -0.2) is 23.7 Å². The zero-order valence-electron chi connectivity index (χ0n) is 5.75. The Bertz CT molecular complexity index is 210. The lowest BCUT2D eigenvalue weighted by atomic mass is 10.4. The van der Waals surface area contributed by atoms with Crippen molar-refractivity contribution < 1.29 is 8.42 Å². The number of nitrogens with zero attached hydrogens (tertiary/aromatic N) is 1. The molecule has 1 aliphatic carbocycles. The van der Waals surface area contributed by atoms with Crippen LogP contribution in [-0.2, 0) is 10.0 Å². The highest BCUT2D eigenvalue weighted by atomic mass is 127. The molecule has 0 amide bonds. The molecule has 0 bridgehead atoms. The van der Waals surface area contributed by atoms with E-state index in [0.29, 0.717) is 12.5 Å². The van der Waals surface area contributed by atoms with E-state index < -0.39 is 10.0 Å². The van der Waals surface area contributed by atoms with Crippen LogP contribution in [0.2, 0.25) is 0 Å². The molecule has 0 saturated heterocycles. The van der Waals surface area contributed by atoms with Gasteiger partial charge in [-0.2, -0.15) is 0 Å². The summed E-state index contributed by atoms with van der Waals surface area (Å²) in [6, 6.07) is 0. The monoisotopic (exact) mass is 275 g/mol. The number of halogens is 1. The fraction of sp³-hybridized carbons (Fsp3) is 1.00. The summed E-state index contributed by atoms with van der Waals surface area (Å²) in [7, 11) is -2.94. The van der Waals surface area contributed by atoms with Crippen molar-refractivity contribution in [1.29, 1.82) is 0 Å². The van der Waals surface area contributed by atoms with Crippen LogP contribution in [0.1, 0.15) is 12.8 Å². The molecule has 0 atom stereocenters. The molecule has 1 rings (SSSR count). The minimum Gasteiger partial charge on any atom is -0.212 e. The highest BCUT2D eigenvalue weighted by molar-refractivity contribution is 14.1. The van der Waals surface area contributed by atoms with Gasteiger partial charge in [0.25, 0.3) is 0 Å². The molecule has 5 heteroatoms. The Morgan fingerprint density at radius 2 is 2.10 bits per heavy atom. The summed E-state index contributed by atoms with van der Waals surface area (Å²) in [6.07, 6.45) is 3.62. The van der Waals surface area contributed by atoms with Crippen LogP contribution < -0.4 is 0 Å². The first kappa shape index (κ1) is 8.73. The largest absolute Gasteiger partial charge is 0.219 e. The van der Waals surface area contributed by atoms with Gasteiger partial charge in [0.2, 0.25) is 10.0 Å². The highest BCUT2D eigenvalue weighted by Crippen LogP contribution is 2.31. The predicted octanol–water partition coefficient (Wildman–Crippen LogP) is 1.01. The van der Waals surface area contributed by atoms with Crippen LogP contribution in [0.4, 0.5) is 0 Å². The first-order valence-corrected chi connectivity index (χ1v) is 5.95. The van der Waals surface area contributed by atoms with Gasteiger partial charge >= 0.3 is 0 Å². The zero-order valence-corrected chi connectivity index (χ0v) is 8.72. The van der Waals surface area contributed by atoms with Gasteiger partial charge in [0.1, 0.15) is 0 Å². The van der Waals surface area contributed by atoms with Crippen LogP contribution in [0.3, 0.4) is 0 Å². The fourth-order valence-electron chi connectivity index (χ4n) is 0.639. The van der Waals surface area contributed by atoms with E-state index in [-0.39, 0.29) is 0 Å². The van der Waals surface area contributed by atoms with Crippen molar-refractivity contribution in [3.05, 3.63) is 0 Å². The highest BCUT2D eigenvalue weighted by Gasteiger charge is 2.26. The second kappa shape index (κ2) is 2.94. The average Bonchev–Trinajstić information content (AvgIpc) is 2.47. The van der Waals surface area contributed by atoms with Crippen molar-refractivity contribution in [2.45, 2.75) is 12.8 Å². The minimum atomic E-state index is -2.94. The third-order valence-electron chi connectivity index (χ3n) is 1.46. The van der Waals surface area contributed by atoms with Gasteiger partial charge in [0.15, 0.2) is 0 Å². The van der Waals surface area contributed by atoms with Gasteiger partial charge < -0.3 is 0 Å². The molecule has 60 valence electrons. The molecule has 0 aromatic heterocycles. The molecule has 1 saturated carbocycles. The topological polar surface area (TPSA) is 37.4 Å². The van der Waals surface area contributed by atoms with Crippen molar-refractivity contribution in [1.82, 2.24) is 2.52 Å². The molecule has 0 heterocycles. The van der Waals surface area contributed by atoms with E-state index in [2.05, 4.69) is 0 Å². The molecule has 0 aromatic carbocycles. The predicted molar refractivity (Wildman–Crippen MR) is 48.3 cm³/mol. The molecular formula is C5H10INO2S. The fourth-order valence-corrected chi connectivity index (χ4v) is 1.68. The quantitative estimate of drug-likeness (QED) is 0.569. The lowest BCUT2D eigenvalue weighted by molar-refractivity contribution is 0.548. The summed E-state index contributed by atoms with van der Waals surface area (Å²) in [6.45, 7) is 0.694. The molecule has 0 unspecified atom stereocenters. The lowest BCUT2D eigenvalue weighted by Crippen LogP contribution is -2.21. The summed E-state index contributed by atoms with van der Waals surface area (Å²) in [5, 5.41) is 0. The van der Waals surface area contributed by atoms with Gasteiger partial charge in [-0.15, -0.1) is 2.52 Å². The Morgan fingerprint density at radius 1 is 1.60 bits per heavy atom. The smallest absolute Gasteiger partial charge is 0.212 e. The standard InChI is InChI=1S/C5H10INO2S/c1-10(8,9)7(6)4-5-2-3-5/h5H,2-4H2,1H3. The van der Waals surface area contributed by atoms with Gasteiger partial charge in [0, 0.05) is 29.4 Å². The van der Waals surface area contributed by atoms with Crippen molar-refractivity contribution in [3.8, 4) is 0 Å². The molecule has 3 nitrogen and oxygen atoms in total. The Kier molecular flexibility index (Phi) is 2.57. The van der Waals surface area contributed by atoms with Gasteiger partial charge in [-0.3, -0.25) is 0 Å². The maximum atomic E-state index is 10.8. The summed E-state index contributed by atoms with van der Waals surface area (Å²) >= 11 is 1.85. The number of hydrogen-bond donors (Lipinski definition) is 0. The third kappa shape index (κ3) is 2.71. The first-order valence-electron chi connectivity index (χ1n) is 3.13. The molecule has 0 aliphatic heterocycles. The average molecular weight is 275 g/mol. The summed E-state index contributed by atoms with van der Waals surface area (Å²) < 4.78 is 23.0. The van der Waals surface area contributed by atoms with E-state index in [1.165, 1.54) is 21.6 Å². The van der Waals surface area contributed by atoms with Crippen LogP contribution in [0, 0.1) is 5.92 Å². The minimum absolute atomic E-state index is 0.631. The van der Waals surface area contributed by atoms with Gasteiger partial charge in [-0.1, -0.05) is 0 Å². The van der Waals surface area contributed by atoms with E-state index in [4.69, 9.17) is 0 Å². The first-order chi connectivity index (χ1) is 4.50. The summed E-state index contributed by atoms with van der Waals surface area (Å²) in [5.41, 5.74) is 0. The molecule has 0 aromatic rings. The van der Waals surface area contributed by atoms with Crippen LogP contribution >= 0.6 is 22.9 Å². The Labute approximate surface area is 75.3 Å². The van der Waals surface area contributed by atoms with Gasteiger partial charge in [0.05, 0.1) is 6.26 Å². The normalized spacial score (nSPS) is 19.9. The molecular weight excluding hydrogens is 265 g/mol. The Hall–Kier alpha value is 0.640. The van der Waals surface area contributed by atoms with Crippen LogP contribution in [0.5, 0.6) is 0 Å². The maximum Gasteiger partial charge on any atom is 0.219 e. The maximum absolute atomic E-state index is 10.8. The Morgan fingerprint density at radius 3 is 2.40 bits per heavy atom. The third-order valence-corrected chi connectivity index (χ3v) is 4.87. The summed E-state index contributed by atoms with van der Waals surface area (Å²) in [4.78, 5) is 0. The molecule has 10 heavy (non-hydrogen) atoms. The van der Waals surface area contributed by atoms with Crippen molar-refractivity contribution >= 4 is 32.9 Å². The second-order valence-corrected chi connectivity index (χ2v) is 6.40. The molecule has 1 aliphatic rings. The van der Waals surface area contributed by atoms with Gasteiger partial charge in [-0.25, -0.2) is 8.42 Å². The van der Waals surface area contributed by atoms with Crippen molar-refractivity contribution in [3.63, 3.8) is 0 Å². The second-order valence-electron chi connectivity index (χ2n) is 2.68.